The molecule has 1 aromatic heterocycles. The standard InChI is InChI=1S/C12H22N4O2S/c1-3-4-13-9-11(2)19(17,18)16-8-7-15-6-5-14-12(15)10-16/h5-6,11,13H,3-4,7-10H2,1-2H3. The number of nitrogens with zero attached hydrogens (tertiary/aromatic N) is 3. The number of fused-ring (bicyclic) bond motifs is 1. The van der Waals surface area contributed by atoms with Gasteiger partial charge in [-0.1, -0.05) is 6.92 Å². The van der Waals surface area contributed by atoms with Gasteiger partial charge in [0.25, 0.3) is 0 Å². The van der Waals surface area contributed by atoms with E-state index in [1.807, 2.05) is 10.8 Å². The summed E-state index contributed by atoms with van der Waals surface area (Å²) in [6.45, 7) is 6.78. The zero-order valence-corrected chi connectivity index (χ0v) is 12.4. The maximum absolute atomic E-state index is 12.5. The fourth-order valence-corrected chi connectivity index (χ4v) is 3.68. The van der Waals surface area contributed by atoms with Gasteiger partial charge in [0.15, 0.2) is 0 Å². The molecule has 1 aromatic rings. The normalized spacial score (nSPS) is 18.2. The fourth-order valence-electron chi connectivity index (χ4n) is 2.21. The van der Waals surface area contributed by atoms with E-state index in [-0.39, 0.29) is 0 Å². The zero-order chi connectivity index (χ0) is 13.9. The van der Waals surface area contributed by atoms with Gasteiger partial charge >= 0.3 is 0 Å². The molecule has 0 fully saturated rings. The van der Waals surface area contributed by atoms with Crippen molar-refractivity contribution in [3.05, 3.63) is 18.2 Å². The van der Waals surface area contributed by atoms with E-state index in [4.69, 9.17) is 0 Å². The molecule has 7 heteroatoms. The lowest BCUT2D eigenvalue weighted by Crippen LogP contribution is -2.45. The highest BCUT2D eigenvalue weighted by atomic mass is 32.2. The van der Waals surface area contributed by atoms with Crippen molar-refractivity contribution in [2.75, 3.05) is 19.6 Å². The van der Waals surface area contributed by atoms with Crippen LogP contribution in [0, 0.1) is 0 Å². The third kappa shape index (κ3) is 3.16. The van der Waals surface area contributed by atoms with Crippen molar-refractivity contribution in [3.8, 4) is 0 Å². The second kappa shape index (κ2) is 6.02. The molecule has 1 aliphatic rings. The van der Waals surface area contributed by atoms with E-state index in [0.29, 0.717) is 26.2 Å². The summed E-state index contributed by atoms with van der Waals surface area (Å²) in [6.07, 6.45) is 4.62. The van der Waals surface area contributed by atoms with Crippen molar-refractivity contribution >= 4 is 10.0 Å². The number of rotatable bonds is 6. The van der Waals surface area contributed by atoms with Crippen molar-refractivity contribution in [1.29, 1.82) is 0 Å². The van der Waals surface area contributed by atoms with Gasteiger partial charge in [0, 0.05) is 32.0 Å². The summed E-state index contributed by atoms with van der Waals surface area (Å²) in [4.78, 5) is 4.20. The van der Waals surface area contributed by atoms with Gasteiger partial charge in [-0.3, -0.25) is 0 Å². The van der Waals surface area contributed by atoms with E-state index >= 15 is 0 Å². The molecule has 0 bridgehead atoms. The van der Waals surface area contributed by atoms with Crippen molar-refractivity contribution in [2.45, 2.75) is 38.6 Å². The van der Waals surface area contributed by atoms with Crippen LogP contribution in [-0.4, -0.2) is 47.2 Å². The van der Waals surface area contributed by atoms with Crippen molar-refractivity contribution in [2.24, 2.45) is 0 Å². The van der Waals surface area contributed by atoms with E-state index in [1.54, 1.807) is 17.4 Å². The lowest BCUT2D eigenvalue weighted by atomic mass is 10.4. The highest BCUT2D eigenvalue weighted by Gasteiger charge is 2.31. The zero-order valence-electron chi connectivity index (χ0n) is 11.5. The van der Waals surface area contributed by atoms with E-state index < -0.39 is 15.3 Å². The first-order valence-electron chi connectivity index (χ1n) is 6.75. The van der Waals surface area contributed by atoms with E-state index in [1.165, 1.54) is 0 Å². The Balaban J connectivity index is 2.00. The number of nitrogens with one attached hydrogen (secondary N) is 1. The molecule has 1 unspecified atom stereocenters. The van der Waals surface area contributed by atoms with Gasteiger partial charge in [0.05, 0.1) is 11.8 Å². The Bertz CT molecular complexity index is 512. The quantitative estimate of drug-likeness (QED) is 0.770. The fraction of sp³-hybridized carbons (Fsp3) is 0.750. The summed E-state index contributed by atoms with van der Waals surface area (Å²) < 4.78 is 28.5. The molecule has 0 aromatic carbocycles. The molecule has 0 saturated carbocycles. The molecular formula is C12H22N4O2S. The van der Waals surface area contributed by atoms with Gasteiger partial charge in [-0.15, -0.1) is 0 Å². The SMILES string of the molecule is CCCNCC(C)S(=O)(=O)N1CCn2ccnc2C1. The average molecular weight is 286 g/mol. The highest BCUT2D eigenvalue weighted by molar-refractivity contribution is 7.89. The first-order valence-corrected chi connectivity index (χ1v) is 8.25. The van der Waals surface area contributed by atoms with Crippen LogP contribution in [0.4, 0.5) is 0 Å². The van der Waals surface area contributed by atoms with Crippen molar-refractivity contribution < 1.29 is 8.42 Å². The average Bonchev–Trinajstić information content (AvgIpc) is 2.85. The molecule has 2 heterocycles. The molecule has 0 aliphatic carbocycles. The minimum atomic E-state index is -3.25. The Morgan fingerprint density at radius 1 is 1.47 bits per heavy atom. The molecule has 108 valence electrons. The second-order valence-corrected chi connectivity index (χ2v) is 7.28. The molecule has 0 saturated heterocycles. The molecule has 6 nitrogen and oxygen atoms in total. The maximum atomic E-state index is 12.5. The Morgan fingerprint density at radius 3 is 3.00 bits per heavy atom. The van der Waals surface area contributed by atoms with E-state index in [0.717, 1.165) is 18.8 Å². The van der Waals surface area contributed by atoms with Crippen LogP contribution in [0.3, 0.4) is 0 Å². The Kier molecular flexibility index (Phi) is 4.59. The third-order valence-electron chi connectivity index (χ3n) is 3.44. The van der Waals surface area contributed by atoms with Crippen LogP contribution in [0.2, 0.25) is 0 Å². The summed E-state index contributed by atoms with van der Waals surface area (Å²) in [7, 11) is -3.25. The van der Waals surface area contributed by atoms with Crippen molar-refractivity contribution in [1.82, 2.24) is 19.2 Å². The summed E-state index contributed by atoms with van der Waals surface area (Å²) in [5.41, 5.74) is 0. The number of hydrogen-bond acceptors (Lipinski definition) is 4. The minimum absolute atomic E-state index is 0.382. The van der Waals surface area contributed by atoms with Gasteiger partial charge in [-0.25, -0.2) is 13.4 Å². The Labute approximate surface area is 114 Å². The van der Waals surface area contributed by atoms with Crippen LogP contribution in [0.15, 0.2) is 12.4 Å². The van der Waals surface area contributed by atoms with Gasteiger partial charge in [-0.2, -0.15) is 4.31 Å². The van der Waals surface area contributed by atoms with Crippen LogP contribution in [-0.2, 0) is 23.1 Å². The predicted molar refractivity (Wildman–Crippen MR) is 74.2 cm³/mol. The van der Waals surface area contributed by atoms with Gasteiger partial charge in [-0.05, 0) is 19.9 Å². The molecule has 19 heavy (non-hydrogen) atoms. The highest BCUT2D eigenvalue weighted by Crippen LogP contribution is 2.17. The smallest absolute Gasteiger partial charge is 0.218 e. The van der Waals surface area contributed by atoms with Crippen LogP contribution < -0.4 is 5.32 Å². The van der Waals surface area contributed by atoms with Crippen LogP contribution in [0.1, 0.15) is 26.1 Å². The summed E-state index contributed by atoms with van der Waals surface area (Å²) in [5.74, 6) is 0.823. The molecule has 2 rings (SSSR count). The summed E-state index contributed by atoms with van der Waals surface area (Å²) >= 11 is 0. The molecule has 0 amide bonds. The Morgan fingerprint density at radius 2 is 2.26 bits per heavy atom. The molecule has 1 atom stereocenters. The number of imidazole rings is 1. The molecule has 0 spiro atoms. The molecule has 1 aliphatic heterocycles. The lowest BCUT2D eigenvalue weighted by molar-refractivity contribution is 0.331. The third-order valence-corrected chi connectivity index (χ3v) is 5.65. The Hall–Kier alpha value is -0.920. The van der Waals surface area contributed by atoms with Gasteiger partial charge < -0.3 is 9.88 Å². The molecular weight excluding hydrogens is 264 g/mol. The number of aromatic nitrogens is 2. The van der Waals surface area contributed by atoms with E-state index in [2.05, 4.69) is 17.2 Å². The van der Waals surface area contributed by atoms with Crippen LogP contribution in [0.25, 0.3) is 0 Å². The molecule has 1 N–H and O–H groups in total. The first-order chi connectivity index (χ1) is 9.05. The van der Waals surface area contributed by atoms with Gasteiger partial charge in [0.2, 0.25) is 10.0 Å². The topological polar surface area (TPSA) is 67.2 Å². The second-order valence-electron chi connectivity index (χ2n) is 4.93. The van der Waals surface area contributed by atoms with E-state index in [9.17, 15) is 8.42 Å². The number of sulfonamides is 1. The van der Waals surface area contributed by atoms with Crippen LogP contribution >= 0.6 is 0 Å². The lowest BCUT2D eigenvalue weighted by Gasteiger charge is -2.29. The predicted octanol–water partition coefficient (Wildman–Crippen LogP) is 0.417. The maximum Gasteiger partial charge on any atom is 0.218 e. The summed E-state index contributed by atoms with van der Waals surface area (Å²) in [5, 5.41) is 2.77. The minimum Gasteiger partial charge on any atom is -0.333 e. The largest absolute Gasteiger partial charge is 0.333 e. The van der Waals surface area contributed by atoms with Crippen molar-refractivity contribution in [3.63, 3.8) is 0 Å². The summed E-state index contributed by atoms with van der Waals surface area (Å²) in [6, 6.07) is 0. The van der Waals surface area contributed by atoms with Crippen LogP contribution in [0.5, 0.6) is 0 Å². The number of hydrogen-bond donors (Lipinski definition) is 1. The monoisotopic (exact) mass is 286 g/mol. The molecule has 0 radical (unpaired) electrons. The first kappa shape index (κ1) is 14.5. The van der Waals surface area contributed by atoms with Gasteiger partial charge in [0.1, 0.15) is 5.82 Å².